The van der Waals surface area contributed by atoms with Gasteiger partial charge in [0.05, 0.1) is 14.2 Å². The summed E-state index contributed by atoms with van der Waals surface area (Å²) in [6, 6.07) is 9.52. The molecule has 0 aromatic heterocycles. The van der Waals surface area contributed by atoms with E-state index < -0.39 is 11.8 Å². The predicted molar refractivity (Wildman–Crippen MR) is 103 cm³/mol. The summed E-state index contributed by atoms with van der Waals surface area (Å²) in [5.41, 5.74) is 4.77. The van der Waals surface area contributed by atoms with Gasteiger partial charge in [-0.1, -0.05) is 6.07 Å². The minimum absolute atomic E-state index is 0.370. The molecule has 0 saturated heterocycles. The number of ether oxygens (including phenoxy) is 2. The van der Waals surface area contributed by atoms with E-state index in [4.69, 9.17) is 9.47 Å². The summed E-state index contributed by atoms with van der Waals surface area (Å²) in [6.07, 6.45) is 0.665. The van der Waals surface area contributed by atoms with Gasteiger partial charge < -0.3 is 19.7 Å². The Balaban J connectivity index is 1.74. The van der Waals surface area contributed by atoms with Crippen LogP contribution in [0.1, 0.15) is 22.3 Å². The van der Waals surface area contributed by atoms with Gasteiger partial charge in [-0.25, -0.2) is 0 Å². The Labute approximate surface area is 159 Å². The van der Waals surface area contributed by atoms with Gasteiger partial charge in [0.15, 0.2) is 11.5 Å². The number of methoxy groups -OCH3 is 2. The highest BCUT2D eigenvalue weighted by Crippen LogP contribution is 2.33. The number of amides is 2. The van der Waals surface area contributed by atoms with Gasteiger partial charge in [-0.15, -0.1) is 0 Å². The lowest BCUT2D eigenvalue weighted by Crippen LogP contribution is -2.42. The first kappa shape index (κ1) is 18.8. The van der Waals surface area contributed by atoms with Gasteiger partial charge >= 0.3 is 11.8 Å². The van der Waals surface area contributed by atoms with Crippen molar-refractivity contribution in [2.45, 2.75) is 26.8 Å². The molecule has 0 spiro atoms. The van der Waals surface area contributed by atoms with Gasteiger partial charge in [-0.2, -0.15) is 0 Å². The number of aryl methyl sites for hydroxylation is 2. The van der Waals surface area contributed by atoms with Crippen molar-refractivity contribution in [2.24, 2.45) is 0 Å². The van der Waals surface area contributed by atoms with Crippen LogP contribution in [0.3, 0.4) is 0 Å². The molecule has 27 heavy (non-hydrogen) atoms. The van der Waals surface area contributed by atoms with Crippen molar-refractivity contribution in [1.82, 2.24) is 4.90 Å². The molecule has 0 bridgehead atoms. The molecule has 0 saturated carbocycles. The third kappa shape index (κ3) is 4.05. The zero-order chi connectivity index (χ0) is 19.6. The zero-order valence-corrected chi connectivity index (χ0v) is 16.1. The van der Waals surface area contributed by atoms with Gasteiger partial charge in [0.25, 0.3) is 0 Å². The maximum Gasteiger partial charge on any atom is 0.313 e. The number of nitrogens with zero attached hydrogens (tertiary/aromatic N) is 1. The van der Waals surface area contributed by atoms with Gasteiger partial charge in [0.1, 0.15) is 0 Å². The topological polar surface area (TPSA) is 67.9 Å². The average molecular weight is 368 g/mol. The molecule has 142 valence electrons. The molecule has 6 heteroatoms. The van der Waals surface area contributed by atoms with Crippen molar-refractivity contribution in [2.75, 3.05) is 26.1 Å². The van der Waals surface area contributed by atoms with Gasteiger partial charge in [0, 0.05) is 18.8 Å². The van der Waals surface area contributed by atoms with Crippen LogP contribution in [0.4, 0.5) is 5.69 Å². The van der Waals surface area contributed by atoms with Crippen LogP contribution in [-0.2, 0) is 22.6 Å². The minimum atomic E-state index is -0.621. The second-order valence-corrected chi connectivity index (χ2v) is 6.78. The van der Waals surface area contributed by atoms with Crippen molar-refractivity contribution in [3.05, 3.63) is 52.6 Å². The standard InChI is InChI=1S/C21H24N2O4/c1-13-7-14(2)9-17(8-13)22-20(24)21(25)23-6-5-15-10-18(26-3)19(27-4)11-16(15)12-23/h7-11H,5-6,12H2,1-4H3,(H,22,24). The number of carbonyl (C=O) groups excluding carboxylic acids is 2. The summed E-state index contributed by atoms with van der Waals surface area (Å²) in [5.74, 6) is 0.132. The summed E-state index contributed by atoms with van der Waals surface area (Å²) in [4.78, 5) is 26.6. The monoisotopic (exact) mass is 368 g/mol. The number of rotatable bonds is 3. The van der Waals surface area contributed by atoms with E-state index in [1.165, 1.54) is 0 Å². The molecule has 2 aromatic rings. The Hall–Kier alpha value is -3.02. The number of fused-ring (bicyclic) bond motifs is 1. The molecule has 0 aliphatic carbocycles. The van der Waals surface area contributed by atoms with Crippen molar-refractivity contribution < 1.29 is 19.1 Å². The van der Waals surface area contributed by atoms with Crippen LogP contribution in [0.25, 0.3) is 0 Å². The molecule has 6 nitrogen and oxygen atoms in total. The Morgan fingerprint density at radius 3 is 2.11 bits per heavy atom. The smallest absolute Gasteiger partial charge is 0.313 e. The van der Waals surface area contributed by atoms with E-state index in [1.54, 1.807) is 19.1 Å². The van der Waals surface area contributed by atoms with Crippen LogP contribution in [-0.4, -0.2) is 37.5 Å². The molecule has 1 aliphatic heterocycles. The third-order valence-electron chi connectivity index (χ3n) is 4.68. The van der Waals surface area contributed by atoms with E-state index in [2.05, 4.69) is 5.32 Å². The average Bonchev–Trinajstić information content (AvgIpc) is 2.64. The summed E-state index contributed by atoms with van der Waals surface area (Å²) >= 11 is 0. The quantitative estimate of drug-likeness (QED) is 0.846. The van der Waals surface area contributed by atoms with Crippen LogP contribution in [0.5, 0.6) is 11.5 Å². The first-order valence-corrected chi connectivity index (χ1v) is 8.83. The fourth-order valence-electron chi connectivity index (χ4n) is 3.43. The minimum Gasteiger partial charge on any atom is -0.493 e. The highest BCUT2D eigenvalue weighted by molar-refractivity contribution is 6.39. The highest BCUT2D eigenvalue weighted by atomic mass is 16.5. The molecular formula is C21H24N2O4. The van der Waals surface area contributed by atoms with E-state index in [-0.39, 0.29) is 0 Å². The van der Waals surface area contributed by atoms with Crippen molar-refractivity contribution in [3.63, 3.8) is 0 Å². The molecule has 0 fully saturated rings. The fraction of sp³-hybridized carbons (Fsp3) is 0.333. The molecule has 3 rings (SSSR count). The van der Waals surface area contributed by atoms with Crippen molar-refractivity contribution >= 4 is 17.5 Å². The summed E-state index contributed by atoms with van der Waals surface area (Å²) in [5, 5.41) is 2.71. The normalized spacial score (nSPS) is 13.0. The third-order valence-corrected chi connectivity index (χ3v) is 4.68. The predicted octanol–water partition coefficient (Wildman–Crippen LogP) is 2.84. The van der Waals surface area contributed by atoms with Gasteiger partial charge in [-0.05, 0) is 66.8 Å². The lowest BCUT2D eigenvalue weighted by molar-refractivity contribution is -0.143. The molecule has 1 N–H and O–H groups in total. The lowest BCUT2D eigenvalue weighted by atomic mass is 9.98. The molecule has 1 aliphatic rings. The number of carbonyl (C=O) groups is 2. The SMILES string of the molecule is COc1cc2c(cc1OC)CN(C(=O)C(=O)Nc1cc(C)cc(C)c1)CC2. The number of nitrogens with one attached hydrogen (secondary N) is 1. The van der Waals surface area contributed by atoms with E-state index in [9.17, 15) is 9.59 Å². The fourth-order valence-corrected chi connectivity index (χ4v) is 3.43. The molecular weight excluding hydrogens is 344 g/mol. The summed E-state index contributed by atoms with van der Waals surface area (Å²) in [6.45, 7) is 4.76. The first-order chi connectivity index (χ1) is 12.9. The Morgan fingerprint density at radius 2 is 1.52 bits per heavy atom. The van der Waals surface area contributed by atoms with Crippen molar-refractivity contribution in [3.8, 4) is 11.5 Å². The summed E-state index contributed by atoms with van der Waals surface area (Å²) < 4.78 is 10.7. The molecule has 1 heterocycles. The van der Waals surface area contributed by atoms with E-state index in [0.29, 0.717) is 36.7 Å². The molecule has 0 atom stereocenters. The molecule has 0 unspecified atom stereocenters. The zero-order valence-electron chi connectivity index (χ0n) is 16.1. The molecule has 0 radical (unpaired) electrons. The van der Waals surface area contributed by atoms with E-state index >= 15 is 0 Å². The second-order valence-electron chi connectivity index (χ2n) is 6.78. The Kier molecular flexibility index (Phi) is 5.35. The molecule has 2 amide bonds. The number of hydrogen-bond acceptors (Lipinski definition) is 4. The van der Waals surface area contributed by atoms with Gasteiger partial charge in [-0.3, -0.25) is 9.59 Å². The van der Waals surface area contributed by atoms with Crippen LogP contribution < -0.4 is 14.8 Å². The number of benzene rings is 2. The van der Waals surface area contributed by atoms with E-state index in [1.807, 2.05) is 44.2 Å². The lowest BCUT2D eigenvalue weighted by Gasteiger charge is -2.29. The van der Waals surface area contributed by atoms with Gasteiger partial charge in [0.2, 0.25) is 0 Å². The van der Waals surface area contributed by atoms with E-state index in [0.717, 1.165) is 22.3 Å². The van der Waals surface area contributed by atoms with Crippen molar-refractivity contribution in [1.29, 1.82) is 0 Å². The second kappa shape index (κ2) is 7.70. The largest absolute Gasteiger partial charge is 0.493 e. The number of hydrogen-bond donors (Lipinski definition) is 1. The summed E-state index contributed by atoms with van der Waals surface area (Å²) in [7, 11) is 3.17. The molecule has 2 aromatic carbocycles. The number of anilines is 1. The van der Waals surface area contributed by atoms with Crippen LogP contribution in [0, 0.1) is 13.8 Å². The highest BCUT2D eigenvalue weighted by Gasteiger charge is 2.27. The van der Waals surface area contributed by atoms with Crippen LogP contribution >= 0.6 is 0 Å². The maximum atomic E-state index is 12.6. The maximum absolute atomic E-state index is 12.6. The van der Waals surface area contributed by atoms with Crippen LogP contribution in [0.2, 0.25) is 0 Å². The Morgan fingerprint density at radius 1 is 0.926 bits per heavy atom. The Bertz CT molecular complexity index is 872. The first-order valence-electron chi connectivity index (χ1n) is 8.83. The van der Waals surface area contributed by atoms with Crippen LogP contribution in [0.15, 0.2) is 30.3 Å².